The fourth-order valence-corrected chi connectivity index (χ4v) is 2.62. The Morgan fingerprint density at radius 1 is 1.20 bits per heavy atom. The predicted octanol–water partition coefficient (Wildman–Crippen LogP) is 3.33. The van der Waals surface area contributed by atoms with Crippen molar-refractivity contribution in [3.63, 3.8) is 0 Å². The van der Waals surface area contributed by atoms with E-state index >= 15 is 0 Å². The van der Waals surface area contributed by atoms with Crippen molar-refractivity contribution in [2.45, 2.75) is 25.7 Å². The van der Waals surface area contributed by atoms with E-state index in [2.05, 4.69) is 15.3 Å². The molecular weight excluding hydrogens is 333 g/mol. The molecule has 25 heavy (non-hydrogen) atoms. The summed E-state index contributed by atoms with van der Waals surface area (Å²) in [5.41, 5.74) is 1.28. The van der Waals surface area contributed by atoms with Crippen molar-refractivity contribution < 1.29 is 18.0 Å². The molecule has 8 heteroatoms. The number of hydrogen-bond acceptors (Lipinski definition) is 3. The monoisotopic (exact) mass is 348 g/mol. The molecule has 0 spiro atoms. The number of nitrogens with zero attached hydrogens (tertiary/aromatic N) is 3. The van der Waals surface area contributed by atoms with Crippen LogP contribution in [0.15, 0.2) is 48.8 Å². The van der Waals surface area contributed by atoms with Gasteiger partial charge in [0, 0.05) is 12.4 Å². The van der Waals surface area contributed by atoms with Crippen LogP contribution in [0.1, 0.15) is 24.4 Å². The maximum Gasteiger partial charge on any atom is 0.449 e. The lowest BCUT2D eigenvalue weighted by atomic mass is 10.1. The minimum Gasteiger partial charge on any atom is -0.348 e. The quantitative estimate of drug-likeness (QED) is 0.787. The van der Waals surface area contributed by atoms with E-state index in [1.54, 1.807) is 43.6 Å². The molecule has 3 aromatic rings. The van der Waals surface area contributed by atoms with Gasteiger partial charge in [0.2, 0.25) is 11.7 Å². The summed E-state index contributed by atoms with van der Waals surface area (Å²) in [4.78, 5) is 19.8. The second-order valence-corrected chi connectivity index (χ2v) is 5.58. The number of aromatic nitrogens is 3. The molecule has 1 amide bonds. The Morgan fingerprint density at radius 2 is 1.88 bits per heavy atom. The Morgan fingerprint density at radius 3 is 2.56 bits per heavy atom. The molecule has 0 saturated heterocycles. The SMILES string of the molecule is C[C@@H](NC(=O)Cn1c(C(F)(F)F)nc2ccccc21)c1ccncc1. The van der Waals surface area contributed by atoms with Gasteiger partial charge in [-0.1, -0.05) is 12.1 Å². The summed E-state index contributed by atoms with van der Waals surface area (Å²) in [5.74, 6) is -1.61. The third-order valence-corrected chi connectivity index (χ3v) is 3.79. The van der Waals surface area contributed by atoms with Gasteiger partial charge in [-0.15, -0.1) is 0 Å². The molecule has 1 aromatic carbocycles. The number of halogens is 3. The van der Waals surface area contributed by atoms with Gasteiger partial charge < -0.3 is 9.88 Å². The van der Waals surface area contributed by atoms with Crippen molar-refractivity contribution in [3.05, 3.63) is 60.2 Å². The molecular formula is C17H15F3N4O. The minimum atomic E-state index is -4.64. The maximum absolute atomic E-state index is 13.2. The largest absolute Gasteiger partial charge is 0.449 e. The highest BCUT2D eigenvalue weighted by atomic mass is 19.4. The highest BCUT2D eigenvalue weighted by molar-refractivity contribution is 5.81. The number of amides is 1. The topological polar surface area (TPSA) is 59.8 Å². The van der Waals surface area contributed by atoms with Crippen molar-refractivity contribution in [2.75, 3.05) is 0 Å². The van der Waals surface area contributed by atoms with Crippen molar-refractivity contribution >= 4 is 16.9 Å². The molecule has 2 aromatic heterocycles. The fraction of sp³-hybridized carbons (Fsp3) is 0.235. The van der Waals surface area contributed by atoms with E-state index in [1.807, 2.05) is 0 Å². The van der Waals surface area contributed by atoms with Crippen LogP contribution in [0.5, 0.6) is 0 Å². The number of pyridine rings is 1. The lowest BCUT2D eigenvalue weighted by molar-refractivity contribution is -0.147. The Kier molecular flexibility index (Phi) is 4.43. The smallest absolute Gasteiger partial charge is 0.348 e. The van der Waals surface area contributed by atoms with E-state index in [0.29, 0.717) is 0 Å². The minimum absolute atomic E-state index is 0.199. The van der Waals surface area contributed by atoms with Crippen LogP contribution in [0.25, 0.3) is 11.0 Å². The normalized spacial score (nSPS) is 13.0. The summed E-state index contributed by atoms with van der Waals surface area (Å²) in [7, 11) is 0. The van der Waals surface area contributed by atoms with Crippen LogP contribution in [0.3, 0.4) is 0 Å². The third-order valence-electron chi connectivity index (χ3n) is 3.79. The molecule has 1 atom stereocenters. The molecule has 5 nitrogen and oxygen atoms in total. The number of carbonyl (C=O) groups is 1. The summed E-state index contributed by atoms with van der Waals surface area (Å²) >= 11 is 0. The van der Waals surface area contributed by atoms with Crippen LogP contribution in [0, 0.1) is 0 Å². The van der Waals surface area contributed by atoms with E-state index in [4.69, 9.17) is 0 Å². The molecule has 0 fully saturated rings. The third kappa shape index (κ3) is 3.62. The van der Waals surface area contributed by atoms with E-state index in [-0.39, 0.29) is 17.1 Å². The Hall–Kier alpha value is -2.90. The summed E-state index contributed by atoms with van der Waals surface area (Å²) in [5, 5.41) is 2.70. The van der Waals surface area contributed by atoms with Crippen molar-refractivity contribution in [1.29, 1.82) is 0 Å². The molecule has 0 unspecified atom stereocenters. The van der Waals surface area contributed by atoms with Gasteiger partial charge in [-0.25, -0.2) is 4.98 Å². The van der Waals surface area contributed by atoms with Crippen LogP contribution in [-0.4, -0.2) is 20.4 Å². The van der Waals surface area contributed by atoms with Gasteiger partial charge in [0.1, 0.15) is 6.54 Å². The molecule has 130 valence electrons. The lowest BCUT2D eigenvalue weighted by Crippen LogP contribution is -2.31. The number of nitrogens with one attached hydrogen (secondary N) is 1. The number of hydrogen-bond donors (Lipinski definition) is 1. The lowest BCUT2D eigenvalue weighted by Gasteiger charge is -2.16. The molecule has 0 aliphatic rings. The predicted molar refractivity (Wildman–Crippen MR) is 85.5 cm³/mol. The molecule has 0 bridgehead atoms. The molecule has 1 N–H and O–H groups in total. The summed E-state index contributed by atoms with van der Waals surface area (Å²) in [6.07, 6.45) is -1.47. The molecule has 3 rings (SSSR count). The second-order valence-electron chi connectivity index (χ2n) is 5.58. The fourth-order valence-electron chi connectivity index (χ4n) is 2.62. The Bertz CT molecular complexity index is 890. The Labute approximate surface area is 141 Å². The van der Waals surface area contributed by atoms with Gasteiger partial charge in [0.15, 0.2) is 0 Å². The zero-order chi connectivity index (χ0) is 18.0. The first-order chi connectivity index (χ1) is 11.9. The Balaban J connectivity index is 1.86. The zero-order valence-corrected chi connectivity index (χ0v) is 13.3. The molecule has 0 radical (unpaired) electrons. The van der Waals surface area contributed by atoms with Crippen LogP contribution in [0.4, 0.5) is 13.2 Å². The molecule has 0 saturated carbocycles. The number of fused-ring (bicyclic) bond motifs is 1. The first kappa shape index (κ1) is 16.9. The molecule has 2 heterocycles. The van der Waals surface area contributed by atoms with Crippen molar-refractivity contribution in [3.8, 4) is 0 Å². The van der Waals surface area contributed by atoms with Crippen LogP contribution >= 0.6 is 0 Å². The summed E-state index contributed by atoms with van der Waals surface area (Å²) < 4.78 is 40.6. The molecule has 0 aliphatic heterocycles. The second kappa shape index (κ2) is 6.54. The number of benzene rings is 1. The van der Waals surface area contributed by atoms with E-state index in [9.17, 15) is 18.0 Å². The zero-order valence-electron chi connectivity index (χ0n) is 13.3. The van der Waals surface area contributed by atoms with Crippen LogP contribution in [-0.2, 0) is 17.5 Å². The number of carbonyl (C=O) groups excluding carboxylic acids is 1. The van der Waals surface area contributed by atoms with Crippen molar-refractivity contribution in [1.82, 2.24) is 19.9 Å². The average Bonchev–Trinajstić information content (AvgIpc) is 2.94. The first-order valence-corrected chi connectivity index (χ1v) is 7.58. The van der Waals surface area contributed by atoms with Gasteiger partial charge >= 0.3 is 6.18 Å². The van der Waals surface area contributed by atoms with Crippen LogP contribution < -0.4 is 5.32 Å². The summed E-state index contributed by atoms with van der Waals surface area (Å²) in [6.45, 7) is 1.29. The van der Waals surface area contributed by atoms with E-state index in [1.165, 1.54) is 12.1 Å². The first-order valence-electron chi connectivity index (χ1n) is 7.58. The molecule has 0 aliphatic carbocycles. The van der Waals surface area contributed by atoms with Gasteiger partial charge in [-0.3, -0.25) is 9.78 Å². The van der Waals surface area contributed by atoms with E-state index < -0.39 is 24.5 Å². The highest BCUT2D eigenvalue weighted by Crippen LogP contribution is 2.31. The van der Waals surface area contributed by atoms with Gasteiger partial charge in [0.25, 0.3) is 0 Å². The van der Waals surface area contributed by atoms with Gasteiger partial charge in [0.05, 0.1) is 17.1 Å². The van der Waals surface area contributed by atoms with E-state index in [0.717, 1.165) is 10.1 Å². The van der Waals surface area contributed by atoms with Crippen LogP contribution in [0.2, 0.25) is 0 Å². The average molecular weight is 348 g/mol. The van der Waals surface area contributed by atoms with Gasteiger partial charge in [-0.05, 0) is 36.8 Å². The standard InChI is InChI=1S/C17H15F3N4O/c1-11(12-6-8-21-9-7-12)22-15(25)10-24-14-5-3-2-4-13(14)23-16(24)17(18,19)20/h2-9,11H,10H2,1H3,(H,22,25)/t11-/m1/s1. The number of rotatable bonds is 4. The number of para-hydroxylation sites is 2. The van der Waals surface area contributed by atoms with Crippen molar-refractivity contribution in [2.24, 2.45) is 0 Å². The highest BCUT2D eigenvalue weighted by Gasteiger charge is 2.38. The number of imidazole rings is 1. The summed E-state index contributed by atoms with van der Waals surface area (Å²) in [6, 6.07) is 9.33. The van der Waals surface area contributed by atoms with Gasteiger partial charge in [-0.2, -0.15) is 13.2 Å². The maximum atomic E-state index is 13.2. The number of alkyl halides is 3.